The molecule has 0 radical (unpaired) electrons. The van der Waals surface area contributed by atoms with E-state index in [9.17, 15) is 9.90 Å². The maximum atomic E-state index is 11.2. The molecule has 0 spiro atoms. The van der Waals surface area contributed by atoms with E-state index < -0.39 is 18.6 Å². The minimum Gasteiger partial charge on any atom is -0.490 e. The summed E-state index contributed by atoms with van der Waals surface area (Å²) in [5.74, 6) is 1.30. The van der Waals surface area contributed by atoms with Crippen LogP contribution in [0, 0.1) is 6.92 Å². The van der Waals surface area contributed by atoms with Gasteiger partial charge in [-0.15, -0.1) is 0 Å². The fourth-order valence-corrected chi connectivity index (χ4v) is 4.02. The van der Waals surface area contributed by atoms with Gasteiger partial charge in [-0.05, 0) is 61.6 Å². The van der Waals surface area contributed by atoms with Gasteiger partial charge in [-0.1, -0.05) is 26.4 Å². The number of carbonyl (C=O) groups excluding carboxylic acids is 1. The number of amides is 1. The standard InChI is InChI=1S/C26H36N4O5/c1-5-18(6-2)23-12-20(8-9-27-23)24-14-30(29-35-24)21-10-17(4)26(19(7-3)11-21)34-16-22(32)13-28-25(33)15-31/h8-12,14,18,22,29,31-32H,5-7,13,15-16H2,1-4H3,(H,28,33). The van der Waals surface area contributed by atoms with Crippen molar-refractivity contribution in [2.75, 3.05) is 24.8 Å². The molecule has 1 unspecified atom stereocenters. The molecule has 0 fully saturated rings. The Morgan fingerprint density at radius 1 is 1.26 bits per heavy atom. The van der Waals surface area contributed by atoms with Crippen LogP contribution in [0.2, 0.25) is 0 Å². The number of nitrogens with one attached hydrogen (secondary N) is 2. The highest BCUT2D eigenvalue weighted by Gasteiger charge is 2.21. The summed E-state index contributed by atoms with van der Waals surface area (Å²) < 4.78 is 5.90. The Balaban J connectivity index is 1.73. The Bertz CT molecular complexity index is 1040. The largest absolute Gasteiger partial charge is 0.490 e. The maximum Gasteiger partial charge on any atom is 0.245 e. The molecule has 1 aliphatic heterocycles. The van der Waals surface area contributed by atoms with Gasteiger partial charge in [-0.25, -0.2) is 5.01 Å². The van der Waals surface area contributed by atoms with Crippen LogP contribution in [0.4, 0.5) is 5.69 Å². The third-order valence-electron chi connectivity index (χ3n) is 6.06. The first-order chi connectivity index (χ1) is 16.9. The predicted molar refractivity (Wildman–Crippen MR) is 134 cm³/mol. The lowest BCUT2D eigenvalue weighted by Gasteiger charge is -2.20. The van der Waals surface area contributed by atoms with E-state index in [0.717, 1.165) is 47.3 Å². The molecule has 2 heterocycles. The van der Waals surface area contributed by atoms with E-state index in [1.165, 1.54) is 0 Å². The van der Waals surface area contributed by atoms with Gasteiger partial charge < -0.3 is 25.1 Å². The average molecular weight is 485 g/mol. The van der Waals surface area contributed by atoms with Crippen molar-refractivity contribution in [3.8, 4) is 5.75 Å². The van der Waals surface area contributed by atoms with Crippen LogP contribution < -0.4 is 20.7 Å². The molecule has 1 amide bonds. The Morgan fingerprint density at radius 3 is 2.71 bits per heavy atom. The highest BCUT2D eigenvalue weighted by Crippen LogP contribution is 2.33. The van der Waals surface area contributed by atoms with Crippen molar-refractivity contribution in [1.29, 1.82) is 0 Å². The number of pyridine rings is 1. The molecule has 0 saturated carbocycles. The number of aryl methyl sites for hydroxylation is 2. The van der Waals surface area contributed by atoms with E-state index in [4.69, 9.17) is 14.7 Å². The first kappa shape index (κ1) is 26.5. The summed E-state index contributed by atoms with van der Waals surface area (Å²) in [6, 6.07) is 8.02. The molecule has 1 aromatic heterocycles. The molecule has 1 aromatic carbocycles. The summed E-state index contributed by atoms with van der Waals surface area (Å²) >= 11 is 0. The van der Waals surface area contributed by atoms with Gasteiger partial charge in [0.05, 0.1) is 11.9 Å². The lowest BCUT2D eigenvalue weighted by atomic mass is 9.97. The van der Waals surface area contributed by atoms with Crippen molar-refractivity contribution in [1.82, 2.24) is 15.9 Å². The van der Waals surface area contributed by atoms with Crippen LogP contribution in [-0.2, 0) is 16.1 Å². The number of benzene rings is 1. The molecule has 0 bridgehead atoms. The zero-order valence-electron chi connectivity index (χ0n) is 20.9. The third kappa shape index (κ3) is 6.72. The van der Waals surface area contributed by atoms with Gasteiger partial charge in [-0.3, -0.25) is 9.78 Å². The van der Waals surface area contributed by atoms with Gasteiger partial charge in [0.2, 0.25) is 5.91 Å². The first-order valence-corrected chi connectivity index (χ1v) is 12.1. The van der Waals surface area contributed by atoms with Crippen LogP contribution in [0.15, 0.2) is 36.7 Å². The zero-order valence-corrected chi connectivity index (χ0v) is 20.9. The van der Waals surface area contributed by atoms with Crippen LogP contribution in [0.25, 0.3) is 5.76 Å². The van der Waals surface area contributed by atoms with Crippen molar-refractivity contribution >= 4 is 17.4 Å². The van der Waals surface area contributed by atoms with Gasteiger partial charge in [0.25, 0.3) is 0 Å². The monoisotopic (exact) mass is 484 g/mol. The Morgan fingerprint density at radius 2 is 2.03 bits per heavy atom. The SMILES string of the molecule is CCc1cc(N2C=C(c3ccnc(C(CC)CC)c3)ON2)cc(C)c1OCC(O)CNC(=O)CO. The summed E-state index contributed by atoms with van der Waals surface area (Å²) in [5, 5.41) is 23.1. The average Bonchev–Trinajstić information content (AvgIpc) is 3.37. The number of anilines is 1. The summed E-state index contributed by atoms with van der Waals surface area (Å²) in [6.07, 6.45) is 5.66. The van der Waals surface area contributed by atoms with Gasteiger partial charge in [-0.2, -0.15) is 0 Å². The second-order valence-electron chi connectivity index (χ2n) is 8.57. The number of aliphatic hydroxyl groups is 2. The minimum atomic E-state index is -0.890. The van der Waals surface area contributed by atoms with Gasteiger partial charge in [0, 0.05) is 29.9 Å². The van der Waals surface area contributed by atoms with Crippen molar-refractivity contribution < 1.29 is 24.6 Å². The van der Waals surface area contributed by atoms with E-state index in [1.807, 2.05) is 49.5 Å². The molecule has 0 saturated heterocycles. The van der Waals surface area contributed by atoms with E-state index in [-0.39, 0.29) is 13.2 Å². The van der Waals surface area contributed by atoms with Gasteiger partial charge >= 0.3 is 0 Å². The van der Waals surface area contributed by atoms with E-state index in [1.54, 1.807) is 0 Å². The minimum absolute atomic E-state index is 0.00850. The summed E-state index contributed by atoms with van der Waals surface area (Å²) in [4.78, 5) is 21.5. The molecule has 9 heteroatoms. The third-order valence-corrected chi connectivity index (χ3v) is 6.06. The Labute approximate surface area is 206 Å². The lowest BCUT2D eigenvalue weighted by Crippen LogP contribution is -2.36. The maximum absolute atomic E-state index is 11.2. The summed E-state index contributed by atoms with van der Waals surface area (Å²) in [6.45, 7) is 7.75. The normalized spacial score (nSPS) is 14.0. The van der Waals surface area contributed by atoms with Gasteiger partial charge in [0.1, 0.15) is 25.1 Å². The van der Waals surface area contributed by atoms with E-state index in [0.29, 0.717) is 17.4 Å². The van der Waals surface area contributed by atoms with Crippen LogP contribution in [0.1, 0.15) is 61.9 Å². The molecule has 2 aromatic rings. The molecule has 1 atom stereocenters. The molecular weight excluding hydrogens is 448 g/mol. The number of rotatable bonds is 12. The number of hydrogen-bond acceptors (Lipinski definition) is 8. The van der Waals surface area contributed by atoms with Gasteiger partial charge in [0.15, 0.2) is 5.76 Å². The quantitative estimate of drug-likeness (QED) is 0.363. The van der Waals surface area contributed by atoms with E-state index >= 15 is 0 Å². The fraction of sp³-hybridized carbons (Fsp3) is 0.462. The number of ether oxygens (including phenoxy) is 1. The second kappa shape index (κ2) is 12.5. The predicted octanol–water partition coefficient (Wildman–Crippen LogP) is 2.96. The van der Waals surface area contributed by atoms with Crippen LogP contribution in [-0.4, -0.2) is 47.0 Å². The Kier molecular flexibility index (Phi) is 9.47. The molecule has 0 aliphatic carbocycles. The highest BCUT2D eigenvalue weighted by molar-refractivity contribution is 5.76. The van der Waals surface area contributed by atoms with Crippen LogP contribution in [0.5, 0.6) is 5.75 Å². The number of carbonyl (C=O) groups is 1. The highest BCUT2D eigenvalue weighted by atomic mass is 16.7. The van der Waals surface area contributed by atoms with Crippen LogP contribution in [0.3, 0.4) is 0 Å². The van der Waals surface area contributed by atoms with Crippen LogP contribution >= 0.6 is 0 Å². The number of hydrogen-bond donors (Lipinski definition) is 4. The lowest BCUT2D eigenvalue weighted by molar-refractivity contribution is -0.124. The molecule has 3 rings (SSSR count). The van der Waals surface area contributed by atoms with Crippen molar-refractivity contribution in [3.05, 3.63) is 59.0 Å². The molecule has 1 aliphatic rings. The van der Waals surface area contributed by atoms with Crippen molar-refractivity contribution in [2.24, 2.45) is 0 Å². The zero-order chi connectivity index (χ0) is 25.4. The topological polar surface area (TPSA) is 116 Å². The number of aromatic nitrogens is 1. The molecule has 4 N–H and O–H groups in total. The summed E-state index contributed by atoms with van der Waals surface area (Å²) in [7, 11) is 0. The first-order valence-electron chi connectivity index (χ1n) is 12.1. The van der Waals surface area contributed by atoms with Crippen molar-refractivity contribution in [2.45, 2.75) is 59.0 Å². The number of hydrazine groups is 1. The molecular formula is C26H36N4O5. The summed E-state index contributed by atoms with van der Waals surface area (Å²) in [5.41, 5.74) is 7.78. The number of nitrogens with zero attached hydrogens (tertiary/aromatic N) is 2. The second-order valence-corrected chi connectivity index (χ2v) is 8.57. The van der Waals surface area contributed by atoms with E-state index in [2.05, 4.69) is 35.8 Å². The fourth-order valence-electron chi connectivity index (χ4n) is 4.02. The molecule has 190 valence electrons. The Hall–Kier alpha value is -3.14. The molecule has 35 heavy (non-hydrogen) atoms. The smallest absolute Gasteiger partial charge is 0.245 e. The molecule has 9 nitrogen and oxygen atoms in total. The number of aliphatic hydroxyl groups excluding tert-OH is 2. The van der Waals surface area contributed by atoms with Crippen molar-refractivity contribution in [3.63, 3.8) is 0 Å².